The lowest BCUT2D eigenvalue weighted by molar-refractivity contribution is -0.141. The standard InChI is InChI=1S/C11H15N3O4S/c1-18-9(17)4-5-14-10(7-2-3-7)12-13-11(14)19-6-8(15)16/h7H,2-6H2,1H3,(H,15,16). The summed E-state index contributed by atoms with van der Waals surface area (Å²) in [4.78, 5) is 21.8. The summed E-state index contributed by atoms with van der Waals surface area (Å²) >= 11 is 1.12. The molecule has 0 aromatic carbocycles. The Bertz CT molecular complexity index is 484. The van der Waals surface area contributed by atoms with Crippen LogP contribution < -0.4 is 0 Å². The highest BCUT2D eigenvalue weighted by Gasteiger charge is 2.30. The van der Waals surface area contributed by atoms with Gasteiger partial charge in [-0.3, -0.25) is 9.59 Å². The van der Waals surface area contributed by atoms with Crippen LogP contribution in [0, 0.1) is 0 Å². The first-order chi connectivity index (χ1) is 9.11. The Labute approximate surface area is 114 Å². The fourth-order valence-corrected chi connectivity index (χ4v) is 2.38. The number of aliphatic carboxylic acids is 1. The van der Waals surface area contributed by atoms with Gasteiger partial charge in [0.05, 0.1) is 19.3 Å². The van der Waals surface area contributed by atoms with Crippen molar-refractivity contribution < 1.29 is 19.4 Å². The third kappa shape index (κ3) is 3.69. The molecule has 1 saturated carbocycles. The van der Waals surface area contributed by atoms with E-state index in [0.29, 0.717) is 17.6 Å². The second-order valence-electron chi connectivity index (χ2n) is 4.28. The SMILES string of the molecule is COC(=O)CCn1c(SCC(=O)O)nnc1C1CC1. The molecular weight excluding hydrogens is 270 g/mol. The van der Waals surface area contributed by atoms with Crippen LogP contribution in [0.3, 0.4) is 0 Å². The Morgan fingerprint density at radius 2 is 2.21 bits per heavy atom. The molecule has 1 heterocycles. The summed E-state index contributed by atoms with van der Waals surface area (Å²) in [6, 6.07) is 0. The maximum Gasteiger partial charge on any atom is 0.313 e. The van der Waals surface area contributed by atoms with E-state index in [0.717, 1.165) is 30.4 Å². The van der Waals surface area contributed by atoms with Gasteiger partial charge in [0.1, 0.15) is 5.82 Å². The quantitative estimate of drug-likeness (QED) is 0.587. The first kappa shape index (κ1) is 13.9. The Hall–Kier alpha value is -1.57. The van der Waals surface area contributed by atoms with Gasteiger partial charge in [0.25, 0.3) is 0 Å². The summed E-state index contributed by atoms with van der Waals surface area (Å²) in [6.07, 6.45) is 2.37. The van der Waals surface area contributed by atoms with Crippen molar-refractivity contribution in [1.82, 2.24) is 14.8 Å². The summed E-state index contributed by atoms with van der Waals surface area (Å²) in [5.74, 6) is -0.0349. The number of ether oxygens (including phenoxy) is 1. The van der Waals surface area contributed by atoms with Crippen LogP contribution in [0.5, 0.6) is 0 Å². The minimum atomic E-state index is -0.902. The van der Waals surface area contributed by atoms with Crippen molar-refractivity contribution in [2.75, 3.05) is 12.9 Å². The van der Waals surface area contributed by atoms with Crippen LogP contribution in [0.15, 0.2) is 5.16 Å². The van der Waals surface area contributed by atoms with Gasteiger partial charge in [-0.25, -0.2) is 0 Å². The molecule has 0 spiro atoms. The molecule has 0 unspecified atom stereocenters. The number of hydrogen-bond acceptors (Lipinski definition) is 6. The minimum absolute atomic E-state index is 0.0684. The van der Waals surface area contributed by atoms with E-state index in [-0.39, 0.29) is 18.1 Å². The molecule has 2 rings (SSSR count). The van der Waals surface area contributed by atoms with Gasteiger partial charge in [-0.05, 0) is 12.8 Å². The average Bonchev–Trinajstić information content (AvgIpc) is 3.15. The number of esters is 1. The molecule has 0 bridgehead atoms. The van der Waals surface area contributed by atoms with Crippen molar-refractivity contribution in [3.63, 3.8) is 0 Å². The first-order valence-corrected chi connectivity index (χ1v) is 6.95. The number of thioether (sulfide) groups is 1. The summed E-state index contributed by atoms with van der Waals surface area (Å²) in [5, 5.41) is 17.4. The largest absolute Gasteiger partial charge is 0.481 e. The third-order valence-electron chi connectivity index (χ3n) is 2.78. The Balaban J connectivity index is 2.08. The van der Waals surface area contributed by atoms with Crippen LogP contribution in [0.2, 0.25) is 0 Å². The van der Waals surface area contributed by atoms with E-state index in [1.54, 1.807) is 0 Å². The highest BCUT2D eigenvalue weighted by molar-refractivity contribution is 7.99. The van der Waals surface area contributed by atoms with Crippen molar-refractivity contribution in [3.05, 3.63) is 5.82 Å². The molecule has 19 heavy (non-hydrogen) atoms. The normalized spacial score (nSPS) is 14.4. The van der Waals surface area contributed by atoms with E-state index in [4.69, 9.17) is 5.11 Å². The summed E-state index contributed by atoms with van der Waals surface area (Å²) < 4.78 is 6.44. The fraction of sp³-hybridized carbons (Fsp3) is 0.636. The molecule has 0 atom stereocenters. The van der Waals surface area contributed by atoms with Crippen LogP contribution in [0.25, 0.3) is 0 Å². The molecule has 1 aliphatic carbocycles. The van der Waals surface area contributed by atoms with Crippen molar-refractivity contribution >= 4 is 23.7 Å². The van der Waals surface area contributed by atoms with E-state index in [1.165, 1.54) is 7.11 Å². The monoisotopic (exact) mass is 285 g/mol. The van der Waals surface area contributed by atoms with Gasteiger partial charge in [-0.1, -0.05) is 11.8 Å². The molecule has 0 saturated heterocycles. The van der Waals surface area contributed by atoms with E-state index in [1.807, 2.05) is 4.57 Å². The van der Waals surface area contributed by atoms with Crippen molar-refractivity contribution in [1.29, 1.82) is 0 Å². The molecule has 1 fully saturated rings. The second-order valence-corrected chi connectivity index (χ2v) is 5.22. The zero-order valence-corrected chi connectivity index (χ0v) is 11.4. The van der Waals surface area contributed by atoms with E-state index >= 15 is 0 Å². The summed E-state index contributed by atoms with van der Waals surface area (Å²) in [5.41, 5.74) is 0. The molecule has 1 aromatic rings. The number of nitrogens with zero attached hydrogens (tertiary/aromatic N) is 3. The Kier molecular flexibility index (Phi) is 4.41. The lowest BCUT2D eigenvalue weighted by Gasteiger charge is -2.08. The van der Waals surface area contributed by atoms with E-state index in [9.17, 15) is 9.59 Å². The molecule has 0 aliphatic heterocycles. The lowest BCUT2D eigenvalue weighted by Crippen LogP contribution is -2.11. The summed E-state index contributed by atoms with van der Waals surface area (Å²) in [7, 11) is 1.34. The molecule has 1 aliphatic rings. The Morgan fingerprint density at radius 1 is 1.47 bits per heavy atom. The number of carboxylic acids is 1. The number of hydrogen-bond donors (Lipinski definition) is 1. The van der Waals surface area contributed by atoms with E-state index < -0.39 is 5.97 Å². The number of aromatic nitrogens is 3. The Morgan fingerprint density at radius 3 is 2.79 bits per heavy atom. The second kappa shape index (κ2) is 6.05. The maximum atomic E-state index is 11.2. The topological polar surface area (TPSA) is 94.3 Å². The number of methoxy groups -OCH3 is 1. The summed E-state index contributed by atoms with van der Waals surface area (Å²) in [6.45, 7) is 0.424. The van der Waals surface area contributed by atoms with Gasteiger partial charge in [-0.15, -0.1) is 10.2 Å². The number of carbonyl (C=O) groups is 2. The van der Waals surface area contributed by atoms with Gasteiger partial charge < -0.3 is 14.4 Å². The zero-order valence-electron chi connectivity index (χ0n) is 10.5. The number of rotatable bonds is 7. The smallest absolute Gasteiger partial charge is 0.313 e. The highest BCUT2D eigenvalue weighted by atomic mass is 32.2. The molecule has 1 aromatic heterocycles. The molecule has 0 amide bonds. The number of carbonyl (C=O) groups excluding carboxylic acids is 1. The average molecular weight is 285 g/mol. The predicted molar refractivity (Wildman–Crippen MR) is 67.0 cm³/mol. The van der Waals surface area contributed by atoms with Crippen molar-refractivity contribution in [2.24, 2.45) is 0 Å². The first-order valence-electron chi connectivity index (χ1n) is 5.96. The molecular formula is C11H15N3O4S. The van der Waals surface area contributed by atoms with Gasteiger partial charge in [0.2, 0.25) is 0 Å². The molecule has 1 N–H and O–H groups in total. The zero-order chi connectivity index (χ0) is 13.8. The lowest BCUT2D eigenvalue weighted by atomic mass is 10.3. The predicted octanol–water partition coefficient (Wildman–Crippen LogP) is 0.895. The third-order valence-corrected chi connectivity index (χ3v) is 3.73. The minimum Gasteiger partial charge on any atom is -0.481 e. The molecule has 8 heteroatoms. The van der Waals surface area contributed by atoms with Gasteiger partial charge in [0, 0.05) is 12.5 Å². The van der Waals surface area contributed by atoms with E-state index in [2.05, 4.69) is 14.9 Å². The fourth-order valence-electron chi connectivity index (χ4n) is 1.69. The maximum absolute atomic E-state index is 11.2. The van der Waals surface area contributed by atoms with Crippen LogP contribution in [0.4, 0.5) is 0 Å². The van der Waals surface area contributed by atoms with Gasteiger partial charge in [0.15, 0.2) is 5.16 Å². The van der Waals surface area contributed by atoms with Crippen LogP contribution in [-0.4, -0.2) is 44.7 Å². The number of carboxylic acid groups (broad SMARTS) is 1. The molecule has 7 nitrogen and oxygen atoms in total. The van der Waals surface area contributed by atoms with Gasteiger partial charge >= 0.3 is 11.9 Å². The van der Waals surface area contributed by atoms with Gasteiger partial charge in [-0.2, -0.15) is 0 Å². The molecule has 104 valence electrons. The van der Waals surface area contributed by atoms with Crippen molar-refractivity contribution in [3.8, 4) is 0 Å². The van der Waals surface area contributed by atoms with Crippen LogP contribution in [0.1, 0.15) is 31.0 Å². The molecule has 0 radical (unpaired) electrons. The van der Waals surface area contributed by atoms with Crippen molar-refractivity contribution in [2.45, 2.75) is 36.9 Å². The van der Waals surface area contributed by atoms with Crippen LogP contribution in [-0.2, 0) is 20.9 Å². The van der Waals surface area contributed by atoms with Crippen LogP contribution >= 0.6 is 11.8 Å². The highest BCUT2D eigenvalue weighted by Crippen LogP contribution is 2.40.